The van der Waals surface area contributed by atoms with Gasteiger partial charge in [0.25, 0.3) is 20.2 Å². The van der Waals surface area contributed by atoms with Gasteiger partial charge in [-0.3, -0.25) is 9.11 Å². The number of anilines is 1. The molecule has 0 fully saturated rings. The van der Waals surface area contributed by atoms with Gasteiger partial charge in [-0.1, -0.05) is 18.2 Å². The molecule has 0 radical (unpaired) electrons. The third-order valence-electron chi connectivity index (χ3n) is 2.74. The average Bonchev–Trinajstić information content (AvgIpc) is 2.36. The van der Waals surface area contributed by atoms with Gasteiger partial charge in [0.2, 0.25) is 0 Å². The summed E-state index contributed by atoms with van der Waals surface area (Å²) in [6.07, 6.45) is 0. The van der Waals surface area contributed by atoms with Crippen molar-refractivity contribution < 1.29 is 25.9 Å². The molecule has 2 aromatic rings. The second-order valence-electron chi connectivity index (χ2n) is 4.20. The molecule has 0 amide bonds. The van der Waals surface area contributed by atoms with E-state index in [1.165, 1.54) is 30.3 Å². The lowest BCUT2D eigenvalue weighted by molar-refractivity contribution is 0.480. The minimum atomic E-state index is -4.59. The van der Waals surface area contributed by atoms with E-state index in [1.807, 2.05) is 0 Å². The van der Waals surface area contributed by atoms with Crippen LogP contribution < -0.4 is 5.73 Å². The molecule has 0 aliphatic heterocycles. The van der Waals surface area contributed by atoms with Crippen molar-refractivity contribution in [3.05, 3.63) is 42.5 Å². The Morgan fingerprint density at radius 1 is 0.762 bits per heavy atom. The highest BCUT2D eigenvalue weighted by Crippen LogP contribution is 2.33. The Hall–Kier alpha value is -1.94. The van der Waals surface area contributed by atoms with Gasteiger partial charge in [0.05, 0.1) is 0 Å². The fourth-order valence-corrected chi connectivity index (χ4v) is 3.29. The molecule has 21 heavy (non-hydrogen) atoms. The van der Waals surface area contributed by atoms with Crippen molar-refractivity contribution in [2.45, 2.75) is 9.79 Å². The molecule has 0 saturated carbocycles. The van der Waals surface area contributed by atoms with Crippen molar-refractivity contribution in [1.29, 1.82) is 0 Å². The van der Waals surface area contributed by atoms with E-state index in [0.717, 1.165) is 12.1 Å². The van der Waals surface area contributed by atoms with Crippen LogP contribution in [-0.2, 0) is 20.2 Å². The first-order valence-electron chi connectivity index (χ1n) is 5.54. The van der Waals surface area contributed by atoms with E-state index in [2.05, 4.69) is 0 Å². The van der Waals surface area contributed by atoms with E-state index < -0.39 is 30.0 Å². The summed E-state index contributed by atoms with van der Waals surface area (Å²) in [5.74, 6) is 0. The van der Waals surface area contributed by atoms with Crippen LogP contribution in [0, 0.1) is 0 Å². The maximum Gasteiger partial charge on any atom is 0.295 e. The Kier molecular flexibility index (Phi) is 3.76. The number of nitrogen functional groups attached to an aromatic ring is 1. The Labute approximate surface area is 121 Å². The van der Waals surface area contributed by atoms with E-state index in [0.29, 0.717) is 0 Å². The van der Waals surface area contributed by atoms with Gasteiger partial charge < -0.3 is 5.73 Å². The summed E-state index contributed by atoms with van der Waals surface area (Å²) in [6, 6.07) is 8.75. The molecule has 0 unspecified atom stereocenters. The van der Waals surface area contributed by atoms with Gasteiger partial charge in [-0.25, -0.2) is 0 Å². The zero-order chi connectivity index (χ0) is 15.8. The molecule has 0 spiro atoms. The molecule has 4 N–H and O–H groups in total. The summed E-state index contributed by atoms with van der Waals surface area (Å²) in [4.78, 5) is -0.992. The van der Waals surface area contributed by atoms with Crippen LogP contribution in [0.25, 0.3) is 11.1 Å². The fourth-order valence-electron chi connectivity index (χ4n) is 1.90. The first-order valence-corrected chi connectivity index (χ1v) is 8.42. The molecule has 2 rings (SSSR count). The number of hydrogen-bond acceptors (Lipinski definition) is 5. The molecule has 9 heteroatoms. The Morgan fingerprint density at radius 3 is 1.86 bits per heavy atom. The van der Waals surface area contributed by atoms with Crippen LogP contribution in [0.1, 0.15) is 0 Å². The highest BCUT2D eigenvalue weighted by Gasteiger charge is 2.22. The normalized spacial score (nSPS) is 12.3. The zero-order valence-electron chi connectivity index (χ0n) is 10.5. The Balaban J connectivity index is 2.90. The first kappa shape index (κ1) is 15.4. The maximum absolute atomic E-state index is 11.4. The van der Waals surface area contributed by atoms with Gasteiger partial charge in [-0.05, 0) is 24.3 Å². The third kappa shape index (κ3) is 3.22. The molecule has 0 bridgehead atoms. The summed E-state index contributed by atoms with van der Waals surface area (Å²) in [6.45, 7) is 0. The van der Waals surface area contributed by atoms with Gasteiger partial charge in [-0.15, -0.1) is 0 Å². The highest BCUT2D eigenvalue weighted by atomic mass is 32.2. The maximum atomic E-state index is 11.4. The smallest absolute Gasteiger partial charge is 0.295 e. The summed E-state index contributed by atoms with van der Waals surface area (Å²) >= 11 is 0. The largest absolute Gasteiger partial charge is 0.399 e. The predicted octanol–water partition coefficient (Wildman–Crippen LogP) is 1.43. The fraction of sp³-hybridized carbons (Fsp3) is 0. The van der Waals surface area contributed by atoms with Crippen molar-refractivity contribution in [3.63, 3.8) is 0 Å². The monoisotopic (exact) mass is 329 g/mol. The van der Waals surface area contributed by atoms with Gasteiger partial charge in [0, 0.05) is 16.8 Å². The van der Waals surface area contributed by atoms with Crippen LogP contribution in [0.4, 0.5) is 5.69 Å². The van der Waals surface area contributed by atoms with Crippen LogP contribution in [0.3, 0.4) is 0 Å². The quantitative estimate of drug-likeness (QED) is 0.572. The number of rotatable bonds is 3. The molecule has 7 nitrogen and oxygen atoms in total. The van der Waals surface area contributed by atoms with Crippen LogP contribution in [0.2, 0.25) is 0 Å². The minimum absolute atomic E-state index is 0.0834. The lowest BCUT2D eigenvalue weighted by atomic mass is 10.1. The third-order valence-corrected chi connectivity index (χ3v) is 4.56. The first-order chi connectivity index (χ1) is 9.60. The lowest BCUT2D eigenvalue weighted by Gasteiger charge is -2.11. The predicted molar refractivity (Wildman–Crippen MR) is 75.9 cm³/mol. The lowest BCUT2D eigenvalue weighted by Crippen LogP contribution is -2.05. The van der Waals surface area contributed by atoms with E-state index in [9.17, 15) is 25.9 Å². The zero-order valence-corrected chi connectivity index (χ0v) is 12.1. The molecule has 0 aliphatic carbocycles. The number of benzene rings is 2. The van der Waals surface area contributed by atoms with E-state index in [1.54, 1.807) is 0 Å². The average molecular weight is 329 g/mol. The molecule has 2 aromatic carbocycles. The van der Waals surface area contributed by atoms with Crippen molar-refractivity contribution in [2.75, 3.05) is 5.73 Å². The minimum Gasteiger partial charge on any atom is -0.399 e. The molecule has 0 heterocycles. The van der Waals surface area contributed by atoms with Crippen molar-refractivity contribution in [2.24, 2.45) is 0 Å². The van der Waals surface area contributed by atoms with Crippen molar-refractivity contribution in [3.8, 4) is 11.1 Å². The number of hydrogen-bond donors (Lipinski definition) is 3. The van der Waals surface area contributed by atoms with Crippen molar-refractivity contribution >= 4 is 25.9 Å². The second kappa shape index (κ2) is 5.11. The molecule has 112 valence electrons. The van der Waals surface area contributed by atoms with Crippen LogP contribution >= 0.6 is 0 Å². The van der Waals surface area contributed by atoms with E-state index >= 15 is 0 Å². The Morgan fingerprint density at radius 2 is 1.29 bits per heavy atom. The van der Waals surface area contributed by atoms with E-state index in [-0.39, 0.29) is 16.8 Å². The number of nitrogens with two attached hydrogens (primary N) is 1. The second-order valence-corrected chi connectivity index (χ2v) is 6.98. The summed E-state index contributed by atoms with van der Waals surface area (Å²) in [5.41, 5.74) is 5.54. The molecular weight excluding hydrogens is 318 g/mol. The Bertz CT molecular complexity index is 903. The summed E-state index contributed by atoms with van der Waals surface area (Å²) in [7, 11) is -9.17. The highest BCUT2D eigenvalue weighted by molar-refractivity contribution is 7.86. The van der Waals surface area contributed by atoms with Gasteiger partial charge in [0.15, 0.2) is 0 Å². The molecule has 0 atom stereocenters. The standard InChI is InChI=1S/C12H11NO6S2/c13-8-5-6-12(21(17,18)19)10(7-8)9-3-1-2-4-11(9)20(14,15)16/h1-7H,13H2,(H,14,15,16)(H,17,18,19). The molecule has 0 saturated heterocycles. The SMILES string of the molecule is Nc1ccc(S(=O)(=O)O)c(-c2ccccc2S(=O)(=O)O)c1. The van der Waals surface area contributed by atoms with Crippen LogP contribution in [0.5, 0.6) is 0 Å². The molecule has 0 aromatic heterocycles. The molecule has 0 aliphatic rings. The van der Waals surface area contributed by atoms with Crippen LogP contribution in [0.15, 0.2) is 52.3 Å². The van der Waals surface area contributed by atoms with Crippen LogP contribution in [-0.4, -0.2) is 25.9 Å². The van der Waals surface area contributed by atoms with Gasteiger partial charge in [0.1, 0.15) is 9.79 Å². The van der Waals surface area contributed by atoms with Gasteiger partial charge in [-0.2, -0.15) is 16.8 Å². The topological polar surface area (TPSA) is 135 Å². The van der Waals surface area contributed by atoms with Crippen molar-refractivity contribution in [1.82, 2.24) is 0 Å². The summed E-state index contributed by atoms with van der Waals surface area (Å²) < 4.78 is 64.0. The summed E-state index contributed by atoms with van der Waals surface area (Å²) in [5, 5.41) is 0. The van der Waals surface area contributed by atoms with E-state index in [4.69, 9.17) is 5.73 Å². The molecular formula is C12H11NO6S2. The van der Waals surface area contributed by atoms with Gasteiger partial charge >= 0.3 is 0 Å².